The van der Waals surface area contributed by atoms with Crippen molar-refractivity contribution in [2.24, 2.45) is 0 Å². The van der Waals surface area contributed by atoms with E-state index in [9.17, 15) is 0 Å². The molecule has 0 atom stereocenters. The monoisotopic (exact) mass is 1630 g/mol. The maximum Gasteiger partial charge on any atom is 0.530 e. The van der Waals surface area contributed by atoms with Crippen LogP contribution in [0.5, 0.6) is 28.7 Å². The van der Waals surface area contributed by atoms with Crippen LogP contribution in [0, 0.1) is 0 Å². The van der Waals surface area contributed by atoms with Crippen LogP contribution in [0.15, 0.2) is 60.7 Å². The molecule has 20 nitrogen and oxygen atoms in total. The first-order valence-electron chi connectivity index (χ1n) is 39.1. The lowest BCUT2D eigenvalue weighted by Crippen LogP contribution is -2.19. The Balaban J connectivity index is 2.17. The van der Waals surface area contributed by atoms with E-state index >= 15 is 22.8 Å². The van der Waals surface area contributed by atoms with Gasteiger partial charge in [-0.25, -0.2) is 22.8 Å². The van der Waals surface area contributed by atoms with E-state index in [1.54, 1.807) is 138 Å². The van der Waals surface area contributed by atoms with Gasteiger partial charge in [-0.1, -0.05) is 165 Å². The Morgan fingerprint density at radius 2 is 0.291 bits per heavy atom. The topological polar surface area (TPSA) is 224 Å². The molecule has 25 heteroatoms. The Morgan fingerprint density at radius 3 is 0.364 bits per heavy atom. The summed E-state index contributed by atoms with van der Waals surface area (Å²) in [6.07, 6.45) is -7.18. The molecule has 5 aromatic carbocycles. The van der Waals surface area contributed by atoms with E-state index in [0.29, 0.717) is 55.6 Å². The van der Waals surface area contributed by atoms with E-state index in [0.717, 1.165) is 27.8 Å². The molecule has 10 bridgehead atoms. The molecule has 0 saturated heterocycles. The minimum Gasteiger partial charge on any atom is -0.403 e. The van der Waals surface area contributed by atoms with E-state index in [4.69, 9.17) is 67.9 Å². The zero-order chi connectivity index (χ0) is 83.5. The molecule has 6 rings (SSSR count). The van der Waals surface area contributed by atoms with Crippen LogP contribution in [0.4, 0.5) is 0 Å². The number of phosphoric ester groups is 5. The molecule has 0 saturated carbocycles. The van der Waals surface area contributed by atoms with Crippen molar-refractivity contribution in [1.29, 1.82) is 0 Å². The summed E-state index contributed by atoms with van der Waals surface area (Å²) in [4.78, 5) is 0. The van der Waals surface area contributed by atoms with Gasteiger partial charge < -0.3 is 22.6 Å². The van der Waals surface area contributed by atoms with Crippen LogP contribution < -0.4 is 22.6 Å². The molecule has 1 aliphatic carbocycles. The molecular formula is C85H135O20P5. The van der Waals surface area contributed by atoms with Crippen molar-refractivity contribution in [1.82, 2.24) is 0 Å². The Labute approximate surface area is 661 Å². The van der Waals surface area contributed by atoms with Gasteiger partial charge in [0, 0.05) is 32.1 Å². The van der Waals surface area contributed by atoms with Crippen LogP contribution in [0.1, 0.15) is 326 Å². The summed E-state index contributed by atoms with van der Waals surface area (Å²) in [5, 5.41) is 0. The van der Waals surface area contributed by atoms with E-state index in [-0.39, 0.29) is 60.9 Å². The summed E-state index contributed by atoms with van der Waals surface area (Å²) >= 11 is 0. The van der Waals surface area contributed by atoms with Gasteiger partial charge in [0.05, 0.1) is 61.0 Å². The number of phosphoric acid groups is 5. The van der Waals surface area contributed by atoms with Crippen LogP contribution in [0.25, 0.3) is 0 Å². The molecule has 0 spiro atoms. The molecule has 0 radical (unpaired) electrons. The standard InChI is InChI=1S/C85H135O20P5/c1-51(2)91-106(86,92-52(3)4)101-76-61-36-63-43-72(82(24,25)26)45-65(77(63)102-107(87,93-53(5)6)94-54(7)8)38-67-47-74(84(30,31)32)49-69(79(67)104-109(89,97-57(13)14)98-58(15)16)40-70-50-75(85(33,34)35)48-68(80(70)105-110(90,99-59(17)18)100-60(19)20)39-66-46-73(83(27,28)29)44-64(37-62(76)42-71(41-61)81(21,22)23)78(66)103-108(88,95-55(9)10)96-56(11)12/h41-60H,36-40H2,1-35H3. The molecular weight excluding hydrogens is 1500 g/mol. The van der Waals surface area contributed by atoms with Gasteiger partial charge in [0.2, 0.25) is 0 Å². The van der Waals surface area contributed by atoms with E-state index in [1.165, 1.54) is 0 Å². The van der Waals surface area contributed by atoms with E-state index in [1.807, 2.05) is 60.7 Å². The van der Waals surface area contributed by atoms with Gasteiger partial charge in [-0.3, -0.25) is 45.2 Å². The fourth-order valence-electron chi connectivity index (χ4n) is 12.3. The van der Waals surface area contributed by atoms with Gasteiger partial charge in [0.25, 0.3) is 0 Å². The van der Waals surface area contributed by atoms with Gasteiger partial charge >= 0.3 is 39.1 Å². The summed E-state index contributed by atoms with van der Waals surface area (Å²) < 4.78 is 180. The third-order valence-electron chi connectivity index (χ3n) is 16.9. The molecule has 0 N–H and O–H groups in total. The molecule has 0 amide bonds. The smallest absolute Gasteiger partial charge is 0.403 e. The third-order valence-corrected chi connectivity index (χ3v) is 25.7. The van der Waals surface area contributed by atoms with E-state index in [2.05, 4.69) is 104 Å². The molecule has 0 heterocycles. The van der Waals surface area contributed by atoms with Crippen molar-refractivity contribution < 1.29 is 90.7 Å². The van der Waals surface area contributed by atoms with Crippen molar-refractivity contribution in [3.05, 3.63) is 144 Å². The lowest BCUT2D eigenvalue weighted by Gasteiger charge is -2.31. The van der Waals surface area contributed by atoms with E-state index < -0.39 is 127 Å². The first-order chi connectivity index (χ1) is 50.0. The number of benzene rings is 5. The molecule has 0 aromatic heterocycles. The fourth-order valence-corrected chi connectivity index (χ4v) is 20.5. The van der Waals surface area contributed by atoms with Gasteiger partial charge in [0.1, 0.15) is 28.7 Å². The zero-order valence-corrected chi connectivity index (χ0v) is 77.5. The summed E-state index contributed by atoms with van der Waals surface area (Å²) in [5.41, 5.74) is 5.72. The summed E-state index contributed by atoms with van der Waals surface area (Å²) in [6, 6.07) is 20.1. The van der Waals surface area contributed by atoms with Crippen molar-refractivity contribution in [2.75, 3.05) is 0 Å². The van der Waals surface area contributed by atoms with Crippen LogP contribution in [0.3, 0.4) is 0 Å². The van der Waals surface area contributed by atoms with Crippen LogP contribution in [-0.2, 0) is 127 Å². The Hall–Kier alpha value is -4.15. The zero-order valence-electron chi connectivity index (χ0n) is 73.0. The van der Waals surface area contributed by atoms with Gasteiger partial charge in [-0.15, -0.1) is 0 Å². The molecule has 1 aliphatic rings. The Kier molecular flexibility index (Phi) is 31.5. The molecule has 620 valence electrons. The predicted molar refractivity (Wildman–Crippen MR) is 443 cm³/mol. The average Bonchev–Trinajstić information content (AvgIpc) is 0.756. The van der Waals surface area contributed by atoms with Gasteiger partial charge in [-0.05, 0) is 249 Å². The highest BCUT2D eigenvalue weighted by atomic mass is 31.2. The number of hydrogen-bond donors (Lipinski definition) is 0. The highest BCUT2D eigenvalue weighted by molar-refractivity contribution is 7.50. The number of rotatable bonds is 30. The number of fused-ring (bicyclic) bond motifs is 10. The first-order valence-corrected chi connectivity index (χ1v) is 46.4. The average molecular weight is 1630 g/mol. The van der Waals surface area contributed by atoms with Crippen LogP contribution >= 0.6 is 39.1 Å². The van der Waals surface area contributed by atoms with Crippen molar-refractivity contribution in [2.45, 2.75) is 363 Å². The summed E-state index contributed by atoms with van der Waals surface area (Å²) in [6.45, 7) is 66.3. The van der Waals surface area contributed by atoms with Crippen molar-refractivity contribution in [3.8, 4) is 28.7 Å². The minimum absolute atomic E-state index is 0.0732. The number of hydrogen-bond acceptors (Lipinski definition) is 20. The largest absolute Gasteiger partial charge is 0.530 e. The predicted octanol–water partition coefficient (Wildman–Crippen LogP) is 26.1. The lowest BCUT2D eigenvalue weighted by molar-refractivity contribution is 0.101. The van der Waals surface area contributed by atoms with Crippen molar-refractivity contribution in [3.63, 3.8) is 0 Å². The second-order valence-corrected chi connectivity index (χ2v) is 44.5. The third kappa shape index (κ3) is 27.2. The van der Waals surface area contributed by atoms with Crippen molar-refractivity contribution >= 4 is 39.1 Å². The summed E-state index contributed by atoms with van der Waals surface area (Å²) in [5.74, 6) is 0.523. The second kappa shape index (κ2) is 36.6. The SMILES string of the molecule is CC(C)OP(=O)(Oc1c2cc(C(C)(C)C)cc1Cc1cc(C(C)(C)C)cc(c1OP(=O)(OC(C)C)OC(C)C)Cc1cc(C(C)(C)C)cc(c1OP(=O)(OC(C)C)OC(C)C)Cc1cc(C(C)(C)C)cc(c1OP(=O)(OC(C)C)OC(C)C)Cc1cc(C(C)(C)C)cc(c1OP(=O)(OC(C)C)OC(C)C)C2)OC(C)C. The molecule has 0 fully saturated rings. The van der Waals surface area contributed by atoms with Crippen LogP contribution in [0.2, 0.25) is 0 Å². The highest BCUT2D eigenvalue weighted by Gasteiger charge is 2.43. The van der Waals surface area contributed by atoms with Gasteiger partial charge in [-0.2, -0.15) is 0 Å². The highest BCUT2D eigenvalue weighted by Crippen LogP contribution is 2.61. The summed E-state index contributed by atoms with van der Waals surface area (Å²) in [7, 11) is -23.4. The molecule has 110 heavy (non-hydrogen) atoms. The maximum absolute atomic E-state index is 16.1. The lowest BCUT2D eigenvalue weighted by atomic mass is 9.79. The Bertz CT molecular complexity index is 3430. The van der Waals surface area contributed by atoms with Crippen LogP contribution in [-0.4, -0.2) is 61.0 Å². The minimum atomic E-state index is -4.68. The van der Waals surface area contributed by atoms with Gasteiger partial charge in [0.15, 0.2) is 0 Å². The maximum atomic E-state index is 16.1. The first kappa shape index (κ1) is 94.7. The Morgan fingerprint density at radius 1 is 0.200 bits per heavy atom. The quantitative estimate of drug-likeness (QED) is 0.0382. The molecule has 0 aliphatic heterocycles. The molecule has 5 aromatic rings. The normalized spacial score (nSPS) is 14.4. The molecule has 0 unspecified atom stereocenters. The fraction of sp³-hybridized carbons (Fsp3) is 0.647. The second-order valence-electron chi connectivity index (χ2n) is 37.0.